The number of rotatable bonds is 5. The summed E-state index contributed by atoms with van der Waals surface area (Å²) < 4.78 is 1.96. The zero-order chi connectivity index (χ0) is 17.1. The number of aromatic nitrogens is 3. The van der Waals surface area contributed by atoms with Crippen molar-refractivity contribution in [2.45, 2.75) is 26.8 Å². The molecular weight excluding hydrogens is 302 g/mol. The molecule has 0 spiro atoms. The van der Waals surface area contributed by atoms with Crippen LogP contribution in [-0.2, 0) is 17.8 Å². The van der Waals surface area contributed by atoms with E-state index in [0.717, 1.165) is 33.8 Å². The van der Waals surface area contributed by atoms with E-state index < -0.39 is 5.97 Å². The molecule has 0 unspecified atom stereocenters. The van der Waals surface area contributed by atoms with Gasteiger partial charge in [-0.25, -0.2) is 0 Å². The van der Waals surface area contributed by atoms with Gasteiger partial charge in [-0.1, -0.05) is 24.3 Å². The van der Waals surface area contributed by atoms with Gasteiger partial charge >= 0.3 is 5.97 Å². The quantitative estimate of drug-likeness (QED) is 0.783. The molecule has 0 aliphatic carbocycles. The summed E-state index contributed by atoms with van der Waals surface area (Å²) in [5, 5.41) is 13.4. The van der Waals surface area contributed by atoms with E-state index in [9.17, 15) is 4.79 Å². The topological polar surface area (TPSA) is 68.0 Å². The molecule has 0 atom stereocenters. The molecule has 0 fully saturated rings. The van der Waals surface area contributed by atoms with Crippen LogP contribution < -0.4 is 0 Å². The first kappa shape index (κ1) is 15.9. The van der Waals surface area contributed by atoms with Crippen molar-refractivity contribution in [2.24, 2.45) is 0 Å². The van der Waals surface area contributed by atoms with Crippen LogP contribution >= 0.6 is 0 Å². The van der Waals surface area contributed by atoms with E-state index >= 15 is 0 Å². The average molecular weight is 321 g/mol. The minimum absolute atomic E-state index is 0.0177. The van der Waals surface area contributed by atoms with Gasteiger partial charge in [-0.2, -0.15) is 5.10 Å². The summed E-state index contributed by atoms with van der Waals surface area (Å²) in [6.07, 6.45) is 1.86. The van der Waals surface area contributed by atoms with Gasteiger partial charge in [0.15, 0.2) is 0 Å². The van der Waals surface area contributed by atoms with E-state index in [1.807, 2.05) is 61.1 Å². The molecule has 0 amide bonds. The summed E-state index contributed by atoms with van der Waals surface area (Å²) in [7, 11) is 0. The molecule has 0 saturated carbocycles. The van der Waals surface area contributed by atoms with Crippen molar-refractivity contribution in [3.63, 3.8) is 0 Å². The highest BCUT2D eigenvalue weighted by Gasteiger charge is 2.06. The second-order valence-electron chi connectivity index (χ2n) is 5.91. The molecule has 0 radical (unpaired) electrons. The van der Waals surface area contributed by atoms with Crippen LogP contribution in [0.25, 0.3) is 11.3 Å². The van der Waals surface area contributed by atoms with Gasteiger partial charge in [0.25, 0.3) is 0 Å². The minimum atomic E-state index is -0.833. The second kappa shape index (κ2) is 6.66. The third-order valence-electron chi connectivity index (χ3n) is 3.84. The normalized spacial score (nSPS) is 10.8. The monoisotopic (exact) mass is 321 g/mol. The number of pyridine rings is 1. The van der Waals surface area contributed by atoms with Crippen molar-refractivity contribution in [1.29, 1.82) is 0 Å². The van der Waals surface area contributed by atoms with E-state index in [-0.39, 0.29) is 6.42 Å². The van der Waals surface area contributed by atoms with Crippen LogP contribution in [0.4, 0.5) is 0 Å². The highest BCUT2D eigenvalue weighted by molar-refractivity contribution is 5.71. The van der Waals surface area contributed by atoms with Gasteiger partial charge in [0.1, 0.15) is 0 Å². The predicted molar refractivity (Wildman–Crippen MR) is 91.8 cm³/mol. The summed E-state index contributed by atoms with van der Waals surface area (Å²) in [5.74, 6) is -0.833. The van der Waals surface area contributed by atoms with Crippen molar-refractivity contribution in [1.82, 2.24) is 14.8 Å². The molecule has 5 heteroatoms. The molecule has 122 valence electrons. The summed E-state index contributed by atoms with van der Waals surface area (Å²) >= 11 is 0. The molecule has 0 bridgehead atoms. The third kappa shape index (κ3) is 3.68. The summed E-state index contributed by atoms with van der Waals surface area (Å²) in [4.78, 5) is 15.4. The fourth-order valence-corrected chi connectivity index (χ4v) is 2.71. The molecule has 3 rings (SSSR count). The first-order valence-corrected chi connectivity index (χ1v) is 7.78. The second-order valence-corrected chi connectivity index (χ2v) is 5.91. The maximum atomic E-state index is 10.8. The summed E-state index contributed by atoms with van der Waals surface area (Å²) in [5.41, 5.74) is 5.73. The van der Waals surface area contributed by atoms with E-state index in [4.69, 9.17) is 5.11 Å². The highest BCUT2D eigenvalue weighted by atomic mass is 16.4. The maximum absolute atomic E-state index is 10.8. The Morgan fingerprint density at radius 3 is 2.58 bits per heavy atom. The summed E-state index contributed by atoms with van der Waals surface area (Å²) in [6.45, 7) is 4.71. The Morgan fingerprint density at radius 2 is 1.96 bits per heavy atom. The molecular formula is C19H19N3O2. The van der Waals surface area contributed by atoms with Crippen molar-refractivity contribution in [2.75, 3.05) is 0 Å². The molecule has 5 nitrogen and oxygen atoms in total. The molecule has 2 heterocycles. The Balaban J connectivity index is 1.79. The average Bonchev–Trinajstić information content (AvgIpc) is 2.85. The van der Waals surface area contributed by atoms with Crippen LogP contribution in [0.1, 0.15) is 22.5 Å². The number of nitrogens with zero attached hydrogens (tertiary/aromatic N) is 3. The van der Waals surface area contributed by atoms with Gasteiger partial charge < -0.3 is 5.11 Å². The Hall–Kier alpha value is -2.95. The van der Waals surface area contributed by atoms with Crippen LogP contribution in [0.15, 0.2) is 48.7 Å². The zero-order valence-corrected chi connectivity index (χ0v) is 13.7. The largest absolute Gasteiger partial charge is 0.481 e. The predicted octanol–water partition coefficient (Wildman–Crippen LogP) is 3.24. The van der Waals surface area contributed by atoms with Gasteiger partial charge in [-0.3, -0.25) is 14.5 Å². The van der Waals surface area contributed by atoms with Gasteiger partial charge in [0.05, 0.1) is 24.4 Å². The number of aryl methyl sites for hydroxylation is 2. The van der Waals surface area contributed by atoms with Crippen molar-refractivity contribution >= 4 is 5.97 Å². The molecule has 1 aromatic carbocycles. The summed E-state index contributed by atoms with van der Waals surface area (Å²) in [6, 6.07) is 13.5. The van der Waals surface area contributed by atoms with Crippen molar-refractivity contribution in [3.05, 3.63) is 71.2 Å². The molecule has 0 saturated heterocycles. The standard InChI is InChI=1S/C19H19N3O2/c1-13-8-14(2)22(21-13)12-16-6-7-18(20-11-16)17-5-3-4-15(9-17)10-19(23)24/h3-9,11H,10,12H2,1-2H3,(H,23,24). The zero-order valence-electron chi connectivity index (χ0n) is 13.7. The Labute approximate surface area is 140 Å². The van der Waals surface area contributed by atoms with E-state index in [2.05, 4.69) is 16.1 Å². The molecule has 1 N–H and O–H groups in total. The van der Waals surface area contributed by atoms with Gasteiger partial charge in [-0.05, 0) is 43.2 Å². The van der Waals surface area contributed by atoms with Crippen LogP contribution in [0, 0.1) is 13.8 Å². The molecule has 24 heavy (non-hydrogen) atoms. The number of carbonyl (C=O) groups is 1. The van der Waals surface area contributed by atoms with Crippen LogP contribution in [-0.4, -0.2) is 25.8 Å². The van der Waals surface area contributed by atoms with E-state index in [1.165, 1.54) is 0 Å². The lowest BCUT2D eigenvalue weighted by Gasteiger charge is -2.07. The van der Waals surface area contributed by atoms with Crippen LogP contribution in [0.5, 0.6) is 0 Å². The first-order valence-electron chi connectivity index (χ1n) is 7.78. The van der Waals surface area contributed by atoms with Gasteiger partial charge in [0.2, 0.25) is 0 Å². The fourth-order valence-electron chi connectivity index (χ4n) is 2.71. The SMILES string of the molecule is Cc1cc(C)n(Cc2ccc(-c3cccc(CC(=O)O)c3)nc2)n1. The number of hydrogen-bond donors (Lipinski definition) is 1. The Morgan fingerprint density at radius 1 is 1.12 bits per heavy atom. The number of hydrogen-bond acceptors (Lipinski definition) is 3. The van der Waals surface area contributed by atoms with Crippen LogP contribution in [0.2, 0.25) is 0 Å². The molecule has 0 aliphatic rings. The lowest BCUT2D eigenvalue weighted by molar-refractivity contribution is -0.136. The molecule has 3 aromatic rings. The fraction of sp³-hybridized carbons (Fsp3) is 0.211. The third-order valence-corrected chi connectivity index (χ3v) is 3.84. The number of benzene rings is 1. The smallest absolute Gasteiger partial charge is 0.307 e. The van der Waals surface area contributed by atoms with E-state index in [1.54, 1.807) is 0 Å². The maximum Gasteiger partial charge on any atom is 0.307 e. The first-order chi connectivity index (χ1) is 11.5. The Kier molecular flexibility index (Phi) is 4.42. The Bertz CT molecular complexity index is 867. The van der Waals surface area contributed by atoms with Crippen molar-refractivity contribution in [3.8, 4) is 11.3 Å². The van der Waals surface area contributed by atoms with Crippen LogP contribution in [0.3, 0.4) is 0 Å². The van der Waals surface area contributed by atoms with Gasteiger partial charge in [0, 0.05) is 17.5 Å². The molecule has 2 aromatic heterocycles. The lowest BCUT2D eigenvalue weighted by atomic mass is 10.1. The van der Waals surface area contributed by atoms with E-state index in [0.29, 0.717) is 6.54 Å². The lowest BCUT2D eigenvalue weighted by Crippen LogP contribution is -2.04. The highest BCUT2D eigenvalue weighted by Crippen LogP contribution is 2.19. The van der Waals surface area contributed by atoms with Crippen molar-refractivity contribution < 1.29 is 9.90 Å². The number of aliphatic carboxylic acids is 1. The number of carboxylic acids is 1. The van der Waals surface area contributed by atoms with Gasteiger partial charge in [-0.15, -0.1) is 0 Å². The minimum Gasteiger partial charge on any atom is -0.481 e. The molecule has 0 aliphatic heterocycles. The number of carboxylic acid groups (broad SMARTS) is 1.